The van der Waals surface area contributed by atoms with Crippen LogP contribution in [0, 0.1) is 5.92 Å². The van der Waals surface area contributed by atoms with Crippen molar-refractivity contribution in [3.63, 3.8) is 0 Å². The number of rotatable bonds is 9. The van der Waals surface area contributed by atoms with Crippen LogP contribution >= 0.6 is 0 Å². The molecule has 0 fully saturated rings. The number of methoxy groups -OCH3 is 1. The SMILES string of the molecule is COCCOCC(=O)Cc1ncnn1CC(C)C. The zero-order valence-corrected chi connectivity index (χ0v) is 11.3. The average molecular weight is 255 g/mol. The van der Waals surface area contributed by atoms with E-state index >= 15 is 0 Å². The molecule has 1 rings (SSSR count). The van der Waals surface area contributed by atoms with Crippen LogP contribution < -0.4 is 0 Å². The molecule has 0 N–H and O–H groups in total. The van der Waals surface area contributed by atoms with E-state index in [9.17, 15) is 4.79 Å². The molecule has 0 aliphatic rings. The van der Waals surface area contributed by atoms with Gasteiger partial charge < -0.3 is 9.47 Å². The number of carbonyl (C=O) groups is 1. The molecule has 0 aliphatic carbocycles. The van der Waals surface area contributed by atoms with E-state index in [0.29, 0.717) is 25.0 Å². The van der Waals surface area contributed by atoms with Gasteiger partial charge in [0.05, 0.1) is 19.6 Å². The fourth-order valence-electron chi connectivity index (χ4n) is 1.48. The number of ketones is 1. The molecule has 18 heavy (non-hydrogen) atoms. The lowest BCUT2D eigenvalue weighted by Crippen LogP contribution is -2.18. The Labute approximate surface area is 107 Å². The molecule has 0 aromatic carbocycles. The van der Waals surface area contributed by atoms with Crippen molar-refractivity contribution in [2.45, 2.75) is 26.8 Å². The van der Waals surface area contributed by atoms with E-state index in [1.54, 1.807) is 11.8 Å². The fourth-order valence-corrected chi connectivity index (χ4v) is 1.48. The number of Topliss-reactive ketones (excluding diaryl/α,β-unsaturated/α-hetero) is 1. The molecule has 0 saturated carbocycles. The highest BCUT2D eigenvalue weighted by Crippen LogP contribution is 2.02. The van der Waals surface area contributed by atoms with Crippen molar-refractivity contribution in [1.29, 1.82) is 0 Å². The molecular formula is C12H21N3O3. The van der Waals surface area contributed by atoms with Gasteiger partial charge in [-0.2, -0.15) is 5.10 Å². The molecule has 1 heterocycles. The molecule has 0 radical (unpaired) electrons. The number of ether oxygens (including phenoxy) is 2. The number of carbonyl (C=O) groups excluding carboxylic acids is 1. The maximum atomic E-state index is 11.7. The Morgan fingerprint density at radius 2 is 2.22 bits per heavy atom. The Hall–Kier alpha value is -1.27. The van der Waals surface area contributed by atoms with Crippen molar-refractivity contribution in [1.82, 2.24) is 14.8 Å². The van der Waals surface area contributed by atoms with E-state index in [0.717, 1.165) is 6.54 Å². The second-order valence-electron chi connectivity index (χ2n) is 4.51. The maximum absolute atomic E-state index is 11.7. The van der Waals surface area contributed by atoms with Crippen molar-refractivity contribution in [2.75, 3.05) is 26.9 Å². The number of hydrogen-bond donors (Lipinski definition) is 0. The first-order chi connectivity index (χ1) is 8.63. The van der Waals surface area contributed by atoms with Gasteiger partial charge in [-0.3, -0.25) is 4.79 Å². The Balaban J connectivity index is 2.37. The van der Waals surface area contributed by atoms with Gasteiger partial charge in [0.1, 0.15) is 18.8 Å². The molecule has 0 saturated heterocycles. The molecular weight excluding hydrogens is 234 g/mol. The predicted molar refractivity (Wildman–Crippen MR) is 66.3 cm³/mol. The summed E-state index contributed by atoms with van der Waals surface area (Å²) in [5, 5.41) is 4.11. The minimum atomic E-state index is 0.00380. The summed E-state index contributed by atoms with van der Waals surface area (Å²) in [4.78, 5) is 15.8. The summed E-state index contributed by atoms with van der Waals surface area (Å²) in [5.41, 5.74) is 0. The second-order valence-corrected chi connectivity index (χ2v) is 4.51. The quantitative estimate of drug-likeness (QED) is 0.608. The van der Waals surface area contributed by atoms with Crippen molar-refractivity contribution >= 4 is 5.78 Å². The van der Waals surface area contributed by atoms with Gasteiger partial charge in [-0.05, 0) is 5.92 Å². The van der Waals surface area contributed by atoms with Crippen LogP contribution in [-0.4, -0.2) is 47.5 Å². The minimum Gasteiger partial charge on any atom is -0.382 e. The molecule has 102 valence electrons. The normalized spacial score (nSPS) is 11.1. The third kappa shape index (κ3) is 5.37. The number of nitrogens with zero attached hydrogens (tertiary/aromatic N) is 3. The van der Waals surface area contributed by atoms with Crippen LogP contribution in [0.2, 0.25) is 0 Å². The molecule has 1 aromatic rings. The number of aromatic nitrogens is 3. The average Bonchev–Trinajstić information content (AvgIpc) is 2.71. The Bertz CT molecular complexity index is 363. The molecule has 0 atom stereocenters. The fraction of sp³-hybridized carbons (Fsp3) is 0.750. The van der Waals surface area contributed by atoms with E-state index in [1.807, 2.05) is 0 Å². The second kappa shape index (κ2) is 7.94. The van der Waals surface area contributed by atoms with Crippen LogP contribution in [0.15, 0.2) is 6.33 Å². The Morgan fingerprint density at radius 1 is 1.44 bits per heavy atom. The minimum absolute atomic E-state index is 0.00380. The van der Waals surface area contributed by atoms with Crippen LogP contribution in [0.4, 0.5) is 0 Å². The summed E-state index contributed by atoms with van der Waals surface area (Å²) in [5.74, 6) is 1.17. The van der Waals surface area contributed by atoms with Crippen LogP contribution in [0.1, 0.15) is 19.7 Å². The van der Waals surface area contributed by atoms with Gasteiger partial charge in [0.15, 0.2) is 5.78 Å². The number of hydrogen-bond acceptors (Lipinski definition) is 5. The largest absolute Gasteiger partial charge is 0.382 e. The van der Waals surface area contributed by atoms with Crippen LogP contribution in [0.25, 0.3) is 0 Å². The van der Waals surface area contributed by atoms with Crippen molar-refractivity contribution in [2.24, 2.45) is 5.92 Å². The Morgan fingerprint density at radius 3 is 2.89 bits per heavy atom. The summed E-state index contributed by atoms with van der Waals surface area (Å²) in [7, 11) is 1.60. The lowest BCUT2D eigenvalue weighted by Gasteiger charge is -2.08. The highest BCUT2D eigenvalue weighted by atomic mass is 16.5. The molecule has 0 spiro atoms. The van der Waals surface area contributed by atoms with Crippen LogP contribution in [-0.2, 0) is 27.2 Å². The molecule has 0 amide bonds. The highest BCUT2D eigenvalue weighted by molar-refractivity contribution is 5.81. The summed E-state index contributed by atoms with van der Waals surface area (Å²) in [6.45, 7) is 5.99. The molecule has 6 heteroatoms. The van der Waals surface area contributed by atoms with E-state index in [4.69, 9.17) is 9.47 Å². The topological polar surface area (TPSA) is 66.2 Å². The van der Waals surface area contributed by atoms with E-state index < -0.39 is 0 Å². The maximum Gasteiger partial charge on any atom is 0.166 e. The van der Waals surface area contributed by atoms with Gasteiger partial charge in [0.2, 0.25) is 0 Å². The van der Waals surface area contributed by atoms with Gasteiger partial charge in [0, 0.05) is 13.7 Å². The first kappa shape index (κ1) is 14.8. The first-order valence-electron chi connectivity index (χ1n) is 6.08. The summed E-state index contributed by atoms with van der Waals surface area (Å²) in [6.07, 6.45) is 1.75. The van der Waals surface area contributed by atoms with Gasteiger partial charge in [-0.1, -0.05) is 13.8 Å². The molecule has 6 nitrogen and oxygen atoms in total. The molecule has 0 aliphatic heterocycles. The van der Waals surface area contributed by atoms with E-state index in [-0.39, 0.29) is 18.8 Å². The lowest BCUT2D eigenvalue weighted by atomic mass is 10.2. The van der Waals surface area contributed by atoms with E-state index in [1.165, 1.54) is 6.33 Å². The summed E-state index contributed by atoms with van der Waals surface area (Å²) < 4.78 is 11.8. The zero-order chi connectivity index (χ0) is 13.4. The Kier molecular flexibility index (Phi) is 6.53. The van der Waals surface area contributed by atoms with Gasteiger partial charge in [-0.25, -0.2) is 9.67 Å². The summed E-state index contributed by atoms with van der Waals surface area (Å²) >= 11 is 0. The standard InChI is InChI=1S/C12H21N3O3/c1-10(2)7-15-12(13-9-14-15)6-11(16)8-18-5-4-17-3/h9-10H,4-8H2,1-3H3. The van der Waals surface area contributed by atoms with Crippen LogP contribution in [0.5, 0.6) is 0 Å². The summed E-state index contributed by atoms with van der Waals surface area (Å²) in [6, 6.07) is 0. The zero-order valence-electron chi connectivity index (χ0n) is 11.3. The highest BCUT2D eigenvalue weighted by Gasteiger charge is 2.11. The van der Waals surface area contributed by atoms with Crippen molar-refractivity contribution < 1.29 is 14.3 Å². The molecule has 0 bridgehead atoms. The third-order valence-corrected chi connectivity index (χ3v) is 2.28. The van der Waals surface area contributed by atoms with Crippen LogP contribution in [0.3, 0.4) is 0 Å². The van der Waals surface area contributed by atoms with Gasteiger partial charge in [0.25, 0.3) is 0 Å². The monoisotopic (exact) mass is 255 g/mol. The molecule has 1 aromatic heterocycles. The predicted octanol–water partition coefficient (Wildman–Crippen LogP) is 0.709. The van der Waals surface area contributed by atoms with Gasteiger partial charge in [-0.15, -0.1) is 0 Å². The first-order valence-corrected chi connectivity index (χ1v) is 6.08. The van der Waals surface area contributed by atoms with Gasteiger partial charge >= 0.3 is 0 Å². The van der Waals surface area contributed by atoms with Crippen molar-refractivity contribution in [3.8, 4) is 0 Å². The molecule has 0 unspecified atom stereocenters. The van der Waals surface area contributed by atoms with E-state index in [2.05, 4.69) is 23.9 Å². The smallest absolute Gasteiger partial charge is 0.166 e. The third-order valence-electron chi connectivity index (χ3n) is 2.28. The lowest BCUT2D eigenvalue weighted by molar-refractivity contribution is -0.123. The van der Waals surface area contributed by atoms with Crippen molar-refractivity contribution in [3.05, 3.63) is 12.2 Å².